The monoisotopic (exact) mass is 138 g/mol. The van der Waals surface area contributed by atoms with E-state index in [0.717, 1.165) is 0 Å². The maximum atomic E-state index is 8.52. The van der Waals surface area contributed by atoms with Crippen LogP contribution in [0.4, 0.5) is 0 Å². The van der Waals surface area contributed by atoms with Crippen molar-refractivity contribution in [1.82, 2.24) is 0 Å². The van der Waals surface area contributed by atoms with Crippen molar-refractivity contribution in [2.45, 2.75) is 0 Å². The van der Waals surface area contributed by atoms with Crippen LogP contribution in [0, 0.1) is 0 Å². The van der Waals surface area contributed by atoms with Crippen LogP contribution in [0.3, 0.4) is 0 Å². The molecule has 0 amide bonds. The van der Waals surface area contributed by atoms with Crippen LogP contribution in [-0.2, 0) is 4.46 Å². The van der Waals surface area contributed by atoms with Crippen molar-refractivity contribution in [1.29, 1.82) is 0 Å². The number of hydrogen-bond donors (Lipinski definition) is 0. The summed E-state index contributed by atoms with van der Waals surface area (Å²) in [5.41, 5.74) is 1.22. The van der Waals surface area contributed by atoms with E-state index in [0.29, 0.717) is 0 Å². The quantitative estimate of drug-likeness (QED) is 0.383. The number of rotatable bonds is 0. The molecule has 3 nitrogen and oxygen atoms in total. The highest BCUT2D eigenvalue weighted by atomic mass is 35.5. The molecule has 0 unspecified atom stereocenters. The van der Waals surface area contributed by atoms with Gasteiger partial charge in [-0.2, -0.15) is 0 Å². The van der Waals surface area contributed by atoms with Gasteiger partial charge in [0.25, 0.3) is 0 Å². The van der Waals surface area contributed by atoms with E-state index in [1.54, 1.807) is 0 Å². The Morgan fingerprint density at radius 2 is 1.71 bits per heavy atom. The maximum absolute atomic E-state index is 8.52. The third-order valence-electron chi connectivity index (χ3n) is 0. The molecule has 0 radical (unpaired) electrons. The largest absolute Gasteiger partial charge is 0.672 e. The first kappa shape index (κ1) is 9.82. The Labute approximate surface area is 47.8 Å². The highest BCUT2D eigenvalue weighted by Crippen LogP contribution is 1.60. The van der Waals surface area contributed by atoms with Crippen LogP contribution < -0.4 is 9.59 Å². The lowest BCUT2D eigenvalue weighted by atomic mass is 11.3. The molecule has 0 atom stereocenters. The third kappa shape index (κ3) is 602. The molecule has 5 heteroatoms. The van der Waals surface area contributed by atoms with Crippen LogP contribution in [0.2, 0.25) is 0 Å². The van der Waals surface area contributed by atoms with Crippen LogP contribution in [0.15, 0.2) is 12.1 Å². The Morgan fingerprint density at radius 1 is 1.71 bits per heavy atom. The molecule has 0 aliphatic carbocycles. The predicted octanol–water partition coefficient (Wildman–Crippen LogP) is -1.51. The summed E-state index contributed by atoms with van der Waals surface area (Å²) < 4.78 is 8.52. The molecule has 0 rings (SSSR count). The Balaban J connectivity index is 0. The van der Waals surface area contributed by atoms with Crippen LogP contribution in [-0.4, -0.2) is 9.17 Å². The molecule has 0 aliphatic rings. The normalized spacial score (nSPS) is 5.29. The second-order valence-corrected chi connectivity index (χ2v) is 1.21. The van der Waals surface area contributed by atoms with Gasteiger partial charge < -0.3 is 14.1 Å². The molecule has 0 bridgehead atoms. The summed E-state index contributed by atoms with van der Waals surface area (Å²) in [6, 6.07) is 0. The van der Waals surface area contributed by atoms with Gasteiger partial charge in [0.1, 0.15) is 0 Å². The minimum absolute atomic E-state index is 1.22. The molecule has 0 saturated carbocycles. The molecule has 0 aromatic heterocycles. The summed E-state index contributed by atoms with van der Waals surface area (Å²) in [5.74, 6) is 0. The van der Waals surface area contributed by atoms with E-state index >= 15 is 0 Å². The van der Waals surface area contributed by atoms with Gasteiger partial charge in [-0.3, -0.25) is 0 Å². The van der Waals surface area contributed by atoms with E-state index in [4.69, 9.17) is 25.7 Å². The van der Waals surface area contributed by atoms with Gasteiger partial charge >= 0.3 is 0 Å². The molecular formula is C2H3ClO3Si-2. The van der Waals surface area contributed by atoms with Gasteiger partial charge in [0.2, 0.25) is 0 Å². The fraction of sp³-hybridized carbons (Fsp3) is 0. The SMILES string of the molecule is C=CCl.O=[Si]([O-])[O-]. The first-order valence-corrected chi connectivity index (χ1v) is 2.90. The lowest BCUT2D eigenvalue weighted by Crippen LogP contribution is -2.34. The average Bonchev–Trinajstić information content (AvgIpc) is 1.33. The van der Waals surface area contributed by atoms with Gasteiger partial charge in [0.15, 0.2) is 0 Å². The van der Waals surface area contributed by atoms with Crippen molar-refractivity contribution in [3.8, 4) is 0 Å². The Bertz CT molecular complexity index is 60.0. The van der Waals surface area contributed by atoms with E-state index in [1.807, 2.05) is 0 Å². The zero-order valence-electron chi connectivity index (χ0n) is 3.39. The van der Waals surface area contributed by atoms with E-state index in [2.05, 4.69) is 6.58 Å². The molecule has 42 valence electrons. The van der Waals surface area contributed by atoms with Gasteiger partial charge in [-0.15, -0.1) is 0 Å². The molecule has 7 heavy (non-hydrogen) atoms. The van der Waals surface area contributed by atoms with Crippen molar-refractivity contribution in [3.05, 3.63) is 12.1 Å². The van der Waals surface area contributed by atoms with Crippen molar-refractivity contribution in [3.63, 3.8) is 0 Å². The lowest BCUT2D eigenvalue weighted by molar-refractivity contribution is -0.354. The molecule has 0 fully saturated rings. The van der Waals surface area contributed by atoms with Gasteiger partial charge in [-0.1, -0.05) is 18.2 Å². The first-order chi connectivity index (χ1) is 3.15. The fourth-order valence-corrected chi connectivity index (χ4v) is 0. The van der Waals surface area contributed by atoms with Crippen LogP contribution in [0.1, 0.15) is 0 Å². The molecule has 0 aromatic carbocycles. The zero-order valence-corrected chi connectivity index (χ0v) is 5.14. The summed E-state index contributed by atoms with van der Waals surface area (Å²) in [6.45, 7) is 3.13. The van der Waals surface area contributed by atoms with Crippen LogP contribution >= 0.6 is 11.6 Å². The molecule has 0 spiro atoms. The summed E-state index contributed by atoms with van der Waals surface area (Å²) in [6.07, 6.45) is 0. The third-order valence-corrected chi connectivity index (χ3v) is 0. The molecule has 0 aromatic rings. The second-order valence-electron chi connectivity index (χ2n) is 0.404. The smallest absolute Gasteiger partial charge is 0.0172 e. The van der Waals surface area contributed by atoms with E-state index < -0.39 is 9.17 Å². The van der Waals surface area contributed by atoms with Crippen molar-refractivity contribution in [2.75, 3.05) is 0 Å². The Morgan fingerprint density at radius 3 is 1.71 bits per heavy atom. The topological polar surface area (TPSA) is 63.2 Å². The molecule has 0 heterocycles. The van der Waals surface area contributed by atoms with Crippen molar-refractivity contribution < 1.29 is 14.1 Å². The first-order valence-electron chi connectivity index (χ1n) is 1.24. The van der Waals surface area contributed by atoms with E-state index in [9.17, 15) is 0 Å². The zero-order chi connectivity index (χ0) is 6.28. The lowest BCUT2D eigenvalue weighted by Gasteiger charge is -1.94. The van der Waals surface area contributed by atoms with Crippen LogP contribution in [0.5, 0.6) is 0 Å². The standard InChI is InChI=1S/C2H3Cl.O3Si/c1-2-3;1-4(2)3/h2H,1H2;/q;-2. The Kier molecular flexibility index (Phi) is 12.9. The van der Waals surface area contributed by atoms with Crippen molar-refractivity contribution >= 4 is 20.8 Å². The fourth-order valence-electron chi connectivity index (χ4n) is 0. The van der Waals surface area contributed by atoms with Gasteiger partial charge in [-0.25, -0.2) is 0 Å². The summed E-state index contributed by atoms with van der Waals surface area (Å²) in [7, 11) is -3.63. The summed E-state index contributed by atoms with van der Waals surface area (Å²) >= 11 is 4.76. The van der Waals surface area contributed by atoms with Crippen molar-refractivity contribution in [2.24, 2.45) is 0 Å². The number of hydrogen-bond acceptors (Lipinski definition) is 3. The van der Waals surface area contributed by atoms with E-state index in [-0.39, 0.29) is 0 Å². The second kappa shape index (κ2) is 9.17. The summed E-state index contributed by atoms with van der Waals surface area (Å²) in [5, 5.41) is 0. The molecule has 0 saturated heterocycles. The highest BCUT2D eigenvalue weighted by molar-refractivity contribution is 6.25. The number of halogens is 1. The summed E-state index contributed by atoms with van der Waals surface area (Å²) in [4.78, 5) is 17.0. The van der Waals surface area contributed by atoms with Gasteiger partial charge in [0.05, 0.1) is 0 Å². The minimum atomic E-state index is -3.63. The highest BCUT2D eigenvalue weighted by Gasteiger charge is 1.29. The van der Waals surface area contributed by atoms with Gasteiger partial charge in [0, 0.05) is 9.17 Å². The van der Waals surface area contributed by atoms with E-state index in [1.165, 1.54) is 5.54 Å². The Hall–Kier alpha value is -0.353. The minimum Gasteiger partial charge on any atom is -0.672 e. The molecule has 0 aliphatic heterocycles. The molecular weight excluding hydrogens is 136 g/mol. The maximum Gasteiger partial charge on any atom is 0.0172 e. The van der Waals surface area contributed by atoms with Gasteiger partial charge in [-0.05, 0) is 5.54 Å². The van der Waals surface area contributed by atoms with Crippen LogP contribution in [0.25, 0.3) is 0 Å². The predicted molar refractivity (Wildman–Crippen MR) is 22.5 cm³/mol. The molecule has 0 N–H and O–H groups in total. The average molecular weight is 139 g/mol.